The molecule has 9 nitrogen and oxygen atoms in total. The summed E-state index contributed by atoms with van der Waals surface area (Å²) in [6.45, 7) is 6.12. The van der Waals surface area contributed by atoms with Crippen molar-refractivity contribution in [2.45, 2.75) is 175 Å². The maximum absolute atomic E-state index is 13.4. The number of cyclic esters (lactones) is 1. The molecule has 286 valence electrons. The highest BCUT2D eigenvalue weighted by Crippen LogP contribution is 2.49. The average Bonchev–Trinajstić information content (AvgIpc) is 3.78. The number of aliphatic hydroxyl groups is 1. The number of aromatic hydroxyl groups is 1. The van der Waals surface area contributed by atoms with Crippen molar-refractivity contribution < 1.29 is 24.5 Å². The summed E-state index contributed by atoms with van der Waals surface area (Å²) in [6.07, 6.45) is 24.8. The average molecular weight is 717 g/mol. The summed E-state index contributed by atoms with van der Waals surface area (Å²) in [6, 6.07) is 5.72. The van der Waals surface area contributed by atoms with Gasteiger partial charge in [-0.2, -0.15) is 4.98 Å². The second kappa shape index (κ2) is 19.5. The molecule has 0 amide bonds. The first-order valence-corrected chi connectivity index (χ1v) is 20.4. The Bertz CT molecular complexity index is 1640. The Labute approximate surface area is 311 Å². The maximum Gasteiger partial charge on any atom is 0.338 e. The third-order valence-corrected chi connectivity index (χ3v) is 11.7. The number of carbonyl (C=O) groups excluding carboxylic acids is 1. The molecule has 1 fully saturated rings. The number of hydrogen-bond acceptors (Lipinski definition) is 8. The number of fused-ring (bicyclic) bond motifs is 1. The summed E-state index contributed by atoms with van der Waals surface area (Å²) in [5.74, 6) is 1.58. The molecule has 1 atom stereocenters. The highest BCUT2D eigenvalue weighted by atomic mass is 16.5. The van der Waals surface area contributed by atoms with Crippen molar-refractivity contribution in [3.8, 4) is 11.5 Å². The zero-order valence-electron chi connectivity index (χ0n) is 32.5. The first-order chi connectivity index (χ1) is 25.2. The molecule has 1 aromatic carbocycles. The van der Waals surface area contributed by atoms with E-state index in [-0.39, 0.29) is 23.2 Å². The number of carbonyl (C=O) groups is 1. The van der Waals surface area contributed by atoms with E-state index in [2.05, 4.69) is 22.0 Å². The van der Waals surface area contributed by atoms with Crippen LogP contribution in [0.2, 0.25) is 0 Å². The lowest BCUT2D eigenvalue weighted by molar-refractivity contribution is -0.155. The van der Waals surface area contributed by atoms with Crippen LogP contribution in [0.1, 0.15) is 164 Å². The normalized spacial score (nSPS) is 17.3. The maximum atomic E-state index is 13.4. The number of phenols is 1. The summed E-state index contributed by atoms with van der Waals surface area (Å²) < 4.78 is 13.8. The Hall–Kier alpha value is -3.62. The zero-order chi connectivity index (χ0) is 36.9. The van der Waals surface area contributed by atoms with Gasteiger partial charge in [0.1, 0.15) is 23.4 Å². The van der Waals surface area contributed by atoms with E-state index in [9.17, 15) is 15.0 Å². The van der Waals surface area contributed by atoms with Gasteiger partial charge in [-0.15, -0.1) is 5.10 Å². The van der Waals surface area contributed by atoms with E-state index in [0.717, 1.165) is 86.1 Å². The molecule has 3 heterocycles. The van der Waals surface area contributed by atoms with E-state index in [4.69, 9.17) is 9.47 Å². The lowest BCUT2D eigenvalue weighted by Crippen LogP contribution is -2.41. The standard InChI is InChI=1S/C43H64N4O5/c1-5-6-7-8-9-10-11-12-13-14-15-16-17-18-21-34-36(48)23-22-33(40(34)51-4)24-27-43(25-19-20-26-43)38-30-37(49)35(41(50)52-38)29-39-45-42-44-31(2)28-32(3)47(42)46-39/h22-23,28,38,48-49H,5-21,24-27,29-30H2,1-4H3. The van der Waals surface area contributed by atoms with Crippen molar-refractivity contribution in [1.82, 2.24) is 19.6 Å². The van der Waals surface area contributed by atoms with Gasteiger partial charge in [0.25, 0.3) is 5.78 Å². The SMILES string of the molecule is CCCCCCCCCCCCCCCCc1c(O)ccc(CCC2(C3CC(O)=C(Cc4nc5nc(C)cc(C)n5n4)C(=O)O3)CCCC2)c1OC. The third kappa shape index (κ3) is 10.3. The fraction of sp³-hybridized carbons (Fsp3) is 0.674. The molecular weight excluding hydrogens is 652 g/mol. The smallest absolute Gasteiger partial charge is 0.338 e. The van der Waals surface area contributed by atoms with E-state index < -0.39 is 12.1 Å². The molecule has 0 saturated heterocycles. The van der Waals surface area contributed by atoms with E-state index in [1.54, 1.807) is 11.6 Å². The number of phenolic OH excluding ortho intramolecular Hbond substituents is 1. The van der Waals surface area contributed by atoms with Gasteiger partial charge in [-0.1, -0.05) is 109 Å². The van der Waals surface area contributed by atoms with Crippen LogP contribution in [0.15, 0.2) is 29.5 Å². The van der Waals surface area contributed by atoms with Crippen LogP contribution in [0.5, 0.6) is 11.5 Å². The fourth-order valence-corrected chi connectivity index (χ4v) is 8.67. The van der Waals surface area contributed by atoms with Crippen molar-refractivity contribution in [2.24, 2.45) is 5.41 Å². The van der Waals surface area contributed by atoms with Crippen LogP contribution < -0.4 is 4.74 Å². The number of hydrogen-bond donors (Lipinski definition) is 2. The summed E-state index contributed by atoms with van der Waals surface area (Å²) >= 11 is 0. The van der Waals surface area contributed by atoms with Crippen molar-refractivity contribution in [2.75, 3.05) is 7.11 Å². The molecule has 1 saturated carbocycles. The lowest BCUT2D eigenvalue weighted by Gasteiger charge is -2.39. The monoisotopic (exact) mass is 716 g/mol. The predicted octanol–water partition coefficient (Wildman–Crippen LogP) is 10.3. The molecule has 2 aliphatic rings. The van der Waals surface area contributed by atoms with E-state index >= 15 is 0 Å². The van der Waals surface area contributed by atoms with Crippen molar-refractivity contribution >= 4 is 11.7 Å². The number of nitrogens with zero attached hydrogens (tertiary/aromatic N) is 4. The Morgan fingerprint density at radius 1 is 0.885 bits per heavy atom. The van der Waals surface area contributed by atoms with Gasteiger partial charge in [0.05, 0.1) is 12.7 Å². The number of rotatable bonds is 22. The summed E-state index contributed by atoms with van der Waals surface area (Å²) in [4.78, 5) is 22.4. The molecule has 0 bridgehead atoms. The quantitative estimate of drug-likeness (QED) is 0.0779. The zero-order valence-corrected chi connectivity index (χ0v) is 32.5. The molecule has 1 unspecified atom stereocenters. The molecule has 0 radical (unpaired) electrons. The van der Waals surface area contributed by atoms with Crippen LogP contribution in [0.4, 0.5) is 0 Å². The van der Waals surface area contributed by atoms with Crippen LogP contribution >= 0.6 is 0 Å². The predicted molar refractivity (Wildman–Crippen MR) is 206 cm³/mol. The molecule has 1 aliphatic carbocycles. The number of aliphatic hydroxyl groups excluding tert-OH is 1. The largest absolute Gasteiger partial charge is 0.512 e. The van der Waals surface area contributed by atoms with Gasteiger partial charge in [0.15, 0.2) is 5.82 Å². The summed E-state index contributed by atoms with van der Waals surface area (Å²) in [5.41, 5.74) is 3.72. The minimum atomic E-state index is -0.489. The van der Waals surface area contributed by atoms with Gasteiger partial charge in [-0.3, -0.25) is 0 Å². The molecule has 2 N–H and O–H groups in total. The van der Waals surface area contributed by atoms with E-state index in [1.807, 2.05) is 32.0 Å². The lowest BCUT2D eigenvalue weighted by atomic mass is 9.73. The van der Waals surface area contributed by atoms with E-state index in [0.29, 0.717) is 23.8 Å². The first-order valence-electron chi connectivity index (χ1n) is 20.4. The molecular formula is C43H64N4O5. The minimum Gasteiger partial charge on any atom is -0.512 e. The Balaban J connectivity index is 1.12. The molecule has 0 spiro atoms. The van der Waals surface area contributed by atoms with Gasteiger partial charge in [0, 0.05) is 35.2 Å². The topological polar surface area (TPSA) is 119 Å². The Morgan fingerprint density at radius 3 is 2.13 bits per heavy atom. The summed E-state index contributed by atoms with van der Waals surface area (Å²) in [7, 11) is 1.70. The molecule has 1 aliphatic heterocycles. The number of unbranched alkanes of at least 4 members (excludes halogenated alkanes) is 13. The van der Waals surface area contributed by atoms with Crippen LogP contribution in [0, 0.1) is 19.3 Å². The van der Waals surface area contributed by atoms with Crippen LogP contribution in [-0.4, -0.2) is 49.0 Å². The minimum absolute atomic E-state index is 0.0740. The molecule has 3 aromatic rings. The van der Waals surface area contributed by atoms with Crippen LogP contribution in [-0.2, 0) is 28.8 Å². The molecule has 2 aromatic heterocycles. The van der Waals surface area contributed by atoms with Gasteiger partial charge in [0.2, 0.25) is 0 Å². The second-order valence-electron chi connectivity index (χ2n) is 15.7. The Morgan fingerprint density at radius 2 is 1.52 bits per heavy atom. The number of aryl methyl sites for hydroxylation is 3. The van der Waals surface area contributed by atoms with Gasteiger partial charge in [-0.25, -0.2) is 14.3 Å². The number of benzene rings is 1. The second-order valence-corrected chi connectivity index (χ2v) is 15.7. The highest BCUT2D eigenvalue weighted by Gasteiger charge is 2.46. The van der Waals surface area contributed by atoms with E-state index in [1.165, 1.54) is 77.0 Å². The van der Waals surface area contributed by atoms with Gasteiger partial charge in [-0.05, 0) is 70.1 Å². The van der Waals surface area contributed by atoms with Crippen molar-refractivity contribution in [3.05, 3.63) is 57.9 Å². The van der Waals surface area contributed by atoms with Crippen LogP contribution in [0.25, 0.3) is 5.78 Å². The number of methoxy groups -OCH3 is 1. The molecule has 5 rings (SSSR count). The number of aromatic nitrogens is 4. The van der Waals surface area contributed by atoms with Crippen LogP contribution in [0.3, 0.4) is 0 Å². The van der Waals surface area contributed by atoms with Gasteiger partial charge >= 0.3 is 5.97 Å². The summed E-state index contributed by atoms with van der Waals surface area (Å²) in [5, 5.41) is 26.6. The highest BCUT2D eigenvalue weighted by molar-refractivity contribution is 5.90. The fourth-order valence-electron chi connectivity index (χ4n) is 8.67. The Kier molecular flexibility index (Phi) is 14.8. The first kappa shape index (κ1) is 39.6. The third-order valence-electron chi connectivity index (χ3n) is 11.7. The number of ether oxygens (including phenoxy) is 2. The van der Waals surface area contributed by atoms with Gasteiger partial charge < -0.3 is 19.7 Å². The van der Waals surface area contributed by atoms with Crippen molar-refractivity contribution in [3.63, 3.8) is 0 Å². The molecule has 9 heteroatoms. The number of esters is 1. The molecule has 52 heavy (non-hydrogen) atoms. The van der Waals surface area contributed by atoms with Crippen molar-refractivity contribution in [1.29, 1.82) is 0 Å².